The standard InChI is InChI=1S/C12H17ClN2O2/c1-8(2)4-3-5-14-11-6-9(12(16)17)10(13)7-15-11/h6-8H,3-5H2,1-2H3,(H,14,15)(H,16,17). The summed E-state index contributed by atoms with van der Waals surface area (Å²) in [5.74, 6) is 0.183. The van der Waals surface area contributed by atoms with E-state index < -0.39 is 5.97 Å². The highest BCUT2D eigenvalue weighted by Crippen LogP contribution is 2.18. The third-order valence-electron chi connectivity index (χ3n) is 2.35. The maximum Gasteiger partial charge on any atom is 0.337 e. The summed E-state index contributed by atoms with van der Waals surface area (Å²) in [7, 11) is 0. The van der Waals surface area contributed by atoms with Gasteiger partial charge in [-0.1, -0.05) is 25.4 Å². The Balaban J connectivity index is 2.54. The molecule has 4 nitrogen and oxygen atoms in total. The summed E-state index contributed by atoms with van der Waals surface area (Å²) in [5.41, 5.74) is 0.0769. The predicted octanol–water partition coefficient (Wildman–Crippen LogP) is 3.28. The van der Waals surface area contributed by atoms with E-state index in [-0.39, 0.29) is 10.6 Å². The van der Waals surface area contributed by atoms with Crippen molar-refractivity contribution in [2.75, 3.05) is 11.9 Å². The van der Waals surface area contributed by atoms with E-state index >= 15 is 0 Å². The Morgan fingerprint density at radius 3 is 2.88 bits per heavy atom. The zero-order valence-electron chi connectivity index (χ0n) is 10.0. The van der Waals surface area contributed by atoms with Gasteiger partial charge in [0.25, 0.3) is 0 Å². The van der Waals surface area contributed by atoms with Crippen LogP contribution in [0.5, 0.6) is 0 Å². The smallest absolute Gasteiger partial charge is 0.337 e. The number of rotatable bonds is 6. The van der Waals surface area contributed by atoms with Crippen LogP contribution in [-0.4, -0.2) is 22.6 Å². The summed E-state index contributed by atoms with van der Waals surface area (Å²) < 4.78 is 0. The molecule has 94 valence electrons. The van der Waals surface area contributed by atoms with Crippen molar-refractivity contribution in [3.63, 3.8) is 0 Å². The molecule has 0 atom stereocenters. The molecule has 2 N–H and O–H groups in total. The maximum absolute atomic E-state index is 10.9. The number of aromatic carboxylic acids is 1. The molecule has 0 saturated heterocycles. The number of hydrogen-bond donors (Lipinski definition) is 2. The van der Waals surface area contributed by atoms with Crippen LogP contribution in [0.15, 0.2) is 12.3 Å². The zero-order chi connectivity index (χ0) is 12.8. The Hall–Kier alpha value is -1.29. The average molecular weight is 257 g/mol. The van der Waals surface area contributed by atoms with Crippen LogP contribution in [0.2, 0.25) is 5.02 Å². The fourth-order valence-electron chi connectivity index (χ4n) is 1.43. The van der Waals surface area contributed by atoms with Crippen molar-refractivity contribution in [1.82, 2.24) is 4.98 Å². The Kier molecular flexibility index (Phi) is 5.22. The van der Waals surface area contributed by atoms with Gasteiger partial charge in [-0.25, -0.2) is 9.78 Å². The molecule has 0 saturated carbocycles. The summed E-state index contributed by atoms with van der Waals surface area (Å²) in [6.07, 6.45) is 3.52. The third-order valence-corrected chi connectivity index (χ3v) is 2.65. The SMILES string of the molecule is CC(C)CCCNc1cc(C(=O)O)c(Cl)cn1. The minimum absolute atomic E-state index is 0.0769. The topological polar surface area (TPSA) is 62.2 Å². The van der Waals surface area contributed by atoms with E-state index in [9.17, 15) is 4.79 Å². The summed E-state index contributed by atoms with van der Waals surface area (Å²) in [4.78, 5) is 14.9. The first kappa shape index (κ1) is 13.8. The van der Waals surface area contributed by atoms with E-state index in [1.54, 1.807) is 0 Å². The zero-order valence-corrected chi connectivity index (χ0v) is 10.8. The van der Waals surface area contributed by atoms with Crippen LogP contribution in [0.25, 0.3) is 0 Å². The Morgan fingerprint density at radius 1 is 1.59 bits per heavy atom. The number of anilines is 1. The van der Waals surface area contributed by atoms with Crippen molar-refractivity contribution in [2.24, 2.45) is 5.92 Å². The number of nitrogens with zero attached hydrogens (tertiary/aromatic N) is 1. The monoisotopic (exact) mass is 256 g/mol. The molecule has 1 aromatic rings. The average Bonchev–Trinajstić information content (AvgIpc) is 2.25. The number of carboxylic acid groups (broad SMARTS) is 1. The molecule has 1 heterocycles. The van der Waals surface area contributed by atoms with Crippen LogP contribution < -0.4 is 5.32 Å². The molecule has 0 radical (unpaired) electrons. The van der Waals surface area contributed by atoms with E-state index in [1.165, 1.54) is 12.3 Å². The maximum atomic E-state index is 10.9. The van der Waals surface area contributed by atoms with E-state index in [4.69, 9.17) is 16.7 Å². The Morgan fingerprint density at radius 2 is 2.29 bits per heavy atom. The van der Waals surface area contributed by atoms with Crippen molar-refractivity contribution in [3.05, 3.63) is 22.8 Å². The van der Waals surface area contributed by atoms with E-state index in [0.717, 1.165) is 19.4 Å². The van der Waals surface area contributed by atoms with E-state index in [0.29, 0.717) is 11.7 Å². The Labute approximate surface area is 106 Å². The lowest BCUT2D eigenvalue weighted by atomic mass is 10.1. The van der Waals surface area contributed by atoms with Gasteiger partial charge in [0, 0.05) is 12.7 Å². The quantitative estimate of drug-likeness (QED) is 0.767. The molecule has 0 aromatic carbocycles. The lowest BCUT2D eigenvalue weighted by Gasteiger charge is -2.08. The highest BCUT2D eigenvalue weighted by Gasteiger charge is 2.09. The number of aromatic nitrogens is 1. The summed E-state index contributed by atoms with van der Waals surface area (Å²) in [5, 5.41) is 12.1. The van der Waals surface area contributed by atoms with Gasteiger partial charge in [-0.2, -0.15) is 0 Å². The molecule has 0 spiro atoms. The van der Waals surface area contributed by atoms with Gasteiger partial charge < -0.3 is 10.4 Å². The molecule has 0 aliphatic rings. The third kappa shape index (κ3) is 4.61. The molecular weight excluding hydrogens is 240 g/mol. The number of nitrogens with one attached hydrogen (secondary N) is 1. The van der Waals surface area contributed by atoms with Crippen molar-refractivity contribution < 1.29 is 9.90 Å². The van der Waals surface area contributed by atoms with Crippen LogP contribution in [0.3, 0.4) is 0 Å². The summed E-state index contributed by atoms with van der Waals surface area (Å²) in [6, 6.07) is 1.46. The van der Waals surface area contributed by atoms with Crippen molar-refractivity contribution in [2.45, 2.75) is 26.7 Å². The first-order chi connectivity index (χ1) is 8.00. The van der Waals surface area contributed by atoms with Gasteiger partial charge in [0.1, 0.15) is 5.82 Å². The molecule has 1 rings (SSSR count). The van der Waals surface area contributed by atoms with Gasteiger partial charge in [-0.3, -0.25) is 0 Å². The lowest BCUT2D eigenvalue weighted by Crippen LogP contribution is -2.06. The fraction of sp³-hybridized carbons (Fsp3) is 0.500. The molecule has 17 heavy (non-hydrogen) atoms. The molecule has 1 aromatic heterocycles. The fourth-order valence-corrected chi connectivity index (χ4v) is 1.61. The van der Waals surface area contributed by atoms with E-state index in [1.807, 2.05) is 0 Å². The number of carbonyl (C=O) groups is 1. The van der Waals surface area contributed by atoms with Gasteiger partial charge in [0.2, 0.25) is 0 Å². The molecule has 0 amide bonds. The van der Waals surface area contributed by atoms with Gasteiger partial charge in [0.05, 0.1) is 10.6 Å². The number of hydrogen-bond acceptors (Lipinski definition) is 3. The van der Waals surface area contributed by atoms with Crippen LogP contribution in [0, 0.1) is 5.92 Å². The van der Waals surface area contributed by atoms with Gasteiger partial charge in [0.15, 0.2) is 0 Å². The van der Waals surface area contributed by atoms with Gasteiger partial charge >= 0.3 is 5.97 Å². The molecular formula is C12H17ClN2O2. The number of halogens is 1. The van der Waals surface area contributed by atoms with Crippen LogP contribution in [0.4, 0.5) is 5.82 Å². The molecule has 0 bridgehead atoms. The minimum atomic E-state index is -1.04. The van der Waals surface area contributed by atoms with Crippen LogP contribution in [0.1, 0.15) is 37.0 Å². The second kappa shape index (κ2) is 6.45. The van der Waals surface area contributed by atoms with Crippen LogP contribution >= 0.6 is 11.6 Å². The second-order valence-electron chi connectivity index (χ2n) is 4.32. The van der Waals surface area contributed by atoms with Gasteiger partial charge in [-0.05, 0) is 24.8 Å². The van der Waals surface area contributed by atoms with Crippen molar-refractivity contribution >= 4 is 23.4 Å². The summed E-state index contributed by atoms with van der Waals surface area (Å²) in [6.45, 7) is 5.12. The van der Waals surface area contributed by atoms with Gasteiger partial charge in [-0.15, -0.1) is 0 Å². The second-order valence-corrected chi connectivity index (χ2v) is 4.72. The van der Waals surface area contributed by atoms with Crippen LogP contribution in [-0.2, 0) is 0 Å². The minimum Gasteiger partial charge on any atom is -0.478 e. The largest absolute Gasteiger partial charge is 0.478 e. The number of carboxylic acids is 1. The van der Waals surface area contributed by atoms with Crippen molar-refractivity contribution in [3.8, 4) is 0 Å². The molecule has 0 aliphatic carbocycles. The Bertz CT molecular complexity index is 394. The summed E-state index contributed by atoms with van der Waals surface area (Å²) >= 11 is 5.72. The normalized spacial score (nSPS) is 10.6. The van der Waals surface area contributed by atoms with E-state index in [2.05, 4.69) is 24.1 Å². The van der Waals surface area contributed by atoms with Crippen molar-refractivity contribution in [1.29, 1.82) is 0 Å². The molecule has 0 fully saturated rings. The highest BCUT2D eigenvalue weighted by molar-refractivity contribution is 6.33. The molecule has 0 aliphatic heterocycles. The molecule has 5 heteroatoms. The highest BCUT2D eigenvalue weighted by atomic mass is 35.5. The predicted molar refractivity (Wildman–Crippen MR) is 68.8 cm³/mol. The first-order valence-electron chi connectivity index (χ1n) is 5.63. The molecule has 0 unspecified atom stereocenters. The lowest BCUT2D eigenvalue weighted by molar-refractivity contribution is 0.0697. The number of pyridine rings is 1. The first-order valence-corrected chi connectivity index (χ1v) is 6.01.